The first kappa shape index (κ1) is 21.0. The molecule has 6 nitrogen and oxygen atoms in total. The van der Waals surface area contributed by atoms with E-state index in [9.17, 15) is 14.0 Å². The minimum Gasteiger partial charge on any atom is -0.488 e. The van der Waals surface area contributed by atoms with Crippen molar-refractivity contribution in [2.45, 2.75) is 20.0 Å². The van der Waals surface area contributed by atoms with Gasteiger partial charge in [-0.15, -0.1) is 0 Å². The number of hydrogen-bond donors (Lipinski definition) is 2. The van der Waals surface area contributed by atoms with Crippen LogP contribution in [0.1, 0.15) is 24.5 Å². The van der Waals surface area contributed by atoms with Gasteiger partial charge in [0.2, 0.25) is 0 Å². The first-order valence-electron chi connectivity index (χ1n) is 9.58. The molecule has 3 rings (SSSR count). The number of halogens is 1. The second kappa shape index (κ2) is 10.2. The van der Waals surface area contributed by atoms with E-state index in [-0.39, 0.29) is 12.4 Å². The molecule has 0 saturated heterocycles. The molecule has 3 aromatic rings. The lowest BCUT2D eigenvalue weighted by Gasteiger charge is -2.12. The minimum absolute atomic E-state index is 0.169. The number of nitrogens with zero attached hydrogens (tertiary/aromatic N) is 1. The maximum absolute atomic E-state index is 13.4. The zero-order valence-corrected chi connectivity index (χ0v) is 16.5. The molecule has 0 spiro atoms. The largest absolute Gasteiger partial charge is 0.488 e. The lowest BCUT2D eigenvalue weighted by Crippen LogP contribution is -2.38. The van der Waals surface area contributed by atoms with Crippen LogP contribution in [-0.2, 0) is 16.2 Å². The van der Waals surface area contributed by atoms with E-state index < -0.39 is 11.8 Å². The van der Waals surface area contributed by atoms with Crippen LogP contribution in [0.4, 0.5) is 4.39 Å². The molecule has 0 unspecified atom stereocenters. The second-order valence-electron chi connectivity index (χ2n) is 6.57. The molecule has 0 atom stereocenters. The van der Waals surface area contributed by atoms with Gasteiger partial charge in [-0.3, -0.25) is 9.59 Å². The Labute approximate surface area is 173 Å². The zero-order chi connectivity index (χ0) is 21.3. The van der Waals surface area contributed by atoms with Crippen molar-refractivity contribution in [2.24, 2.45) is 5.10 Å². The summed E-state index contributed by atoms with van der Waals surface area (Å²) in [6.07, 6.45) is 2.17. The van der Waals surface area contributed by atoms with Crippen LogP contribution in [0.2, 0.25) is 0 Å². The van der Waals surface area contributed by atoms with Gasteiger partial charge in [0.1, 0.15) is 18.2 Å². The predicted octanol–water partition coefficient (Wildman–Crippen LogP) is 3.53. The number of nitrogens with one attached hydrogen (secondary N) is 2. The van der Waals surface area contributed by atoms with Gasteiger partial charge in [-0.2, -0.15) is 5.10 Å². The number of hydrogen-bond acceptors (Lipinski definition) is 4. The molecule has 7 heteroatoms. The molecule has 0 bridgehead atoms. The number of carbonyl (C=O) groups is 2. The first-order chi connectivity index (χ1) is 14.6. The third-order valence-corrected chi connectivity index (χ3v) is 4.32. The smallest absolute Gasteiger partial charge is 0.329 e. The standard InChI is InChI=1S/C23H22FN3O3/c1-2-12-25-22(28)23(29)27-26-14-20-19-9-4-3-7-17(19)10-11-21(20)30-15-16-6-5-8-18(24)13-16/h3-11,13-14H,2,12,15H2,1H3,(H,25,28)(H,27,29)/b26-14-. The highest BCUT2D eigenvalue weighted by atomic mass is 19.1. The summed E-state index contributed by atoms with van der Waals surface area (Å²) >= 11 is 0. The number of hydrazone groups is 1. The van der Waals surface area contributed by atoms with Crippen molar-refractivity contribution in [2.75, 3.05) is 6.54 Å². The highest BCUT2D eigenvalue weighted by Gasteiger charge is 2.12. The van der Waals surface area contributed by atoms with Gasteiger partial charge < -0.3 is 10.1 Å². The Balaban J connectivity index is 1.81. The monoisotopic (exact) mass is 407 g/mol. The number of carbonyl (C=O) groups excluding carboxylic acids is 2. The summed E-state index contributed by atoms with van der Waals surface area (Å²) in [6.45, 7) is 2.47. The Hall–Kier alpha value is -3.74. The molecule has 0 radical (unpaired) electrons. The topological polar surface area (TPSA) is 79.8 Å². The molecule has 0 aromatic heterocycles. The molecule has 0 aliphatic rings. The fraction of sp³-hybridized carbons (Fsp3) is 0.174. The highest BCUT2D eigenvalue weighted by Crippen LogP contribution is 2.27. The molecular formula is C23H22FN3O3. The van der Waals surface area contributed by atoms with Crippen molar-refractivity contribution >= 4 is 28.8 Å². The quantitative estimate of drug-likeness (QED) is 0.357. The van der Waals surface area contributed by atoms with Crippen LogP contribution in [-0.4, -0.2) is 24.6 Å². The maximum Gasteiger partial charge on any atom is 0.329 e. The molecule has 0 aliphatic carbocycles. The molecule has 2 amide bonds. The highest BCUT2D eigenvalue weighted by molar-refractivity contribution is 6.35. The van der Waals surface area contributed by atoms with Crippen LogP contribution in [0.15, 0.2) is 65.8 Å². The van der Waals surface area contributed by atoms with E-state index in [1.54, 1.807) is 18.2 Å². The molecule has 30 heavy (non-hydrogen) atoms. The average Bonchev–Trinajstić information content (AvgIpc) is 2.76. The third-order valence-electron chi connectivity index (χ3n) is 4.32. The van der Waals surface area contributed by atoms with Gasteiger partial charge in [0, 0.05) is 12.1 Å². The Bertz CT molecular complexity index is 1080. The van der Waals surface area contributed by atoms with Gasteiger partial charge in [-0.1, -0.05) is 49.4 Å². The van der Waals surface area contributed by atoms with E-state index in [0.717, 1.165) is 17.2 Å². The molecule has 0 heterocycles. The van der Waals surface area contributed by atoms with E-state index in [0.29, 0.717) is 23.4 Å². The molecule has 0 fully saturated rings. The summed E-state index contributed by atoms with van der Waals surface area (Å²) in [5.74, 6) is -1.40. The van der Waals surface area contributed by atoms with Crippen LogP contribution < -0.4 is 15.5 Å². The van der Waals surface area contributed by atoms with Gasteiger partial charge >= 0.3 is 11.8 Å². The van der Waals surface area contributed by atoms with Gasteiger partial charge in [0.15, 0.2) is 0 Å². The Morgan fingerprint density at radius 3 is 2.70 bits per heavy atom. The first-order valence-corrected chi connectivity index (χ1v) is 9.58. The maximum atomic E-state index is 13.4. The van der Waals surface area contributed by atoms with Crippen molar-refractivity contribution in [3.63, 3.8) is 0 Å². The molecule has 154 valence electrons. The van der Waals surface area contributed by atoms with E-state index in [1.165, 1.54) is 18.3 Å². The van der Waals surface area contributed by atoms with E-state index in [1.807, 2.05) is 37.3 Å². The average molecular weight is 407 g/mol. The Kier molecular flexibility index (Phi) is 7.10. The summed E-state index contributed by atoms with van der Waals surface area (Å²) in [7, 11) is 0. The zero-order valence-electron chi connectivity index (χ0n) is 16.5. The van der Waals surface area contributed by atoms with Gasteiger partial charge in [-0.05, 0) is 41.0 Å². The molecule has 2 N–H and O–H groups in total. The van der Waals surface area contributed by atoms with Crippen molar-refractivity contribution in [1.82, 2.24) is 10.7 Å². The number of ether oxygens (including phenoxy) is 1. The van der Waals surface area contributed by atoms with Crippen LogP contribution in [0.25, 0.3) is 10.8 Å². The van der Waals surface area contributed by atoms with Crippen molar-refractivity contribution in [3.05, 3.63) is 77.6 Å². The van der Waals surface area contributed by atoms with Crippen molar-refractivity contribution in [3.8, 4) is 5.75 Å². The summed E-state index contributed by atoms with van der Waals surface area (Å²) < 4.78 is 19.3. The predicted molar refractivity (Wildman–Crippen MR) is 114 cm³/mol. The summed E-state index contributed by atoms with van der Waals surface area (Å²) in [5, 5.41) is 8.24. The molecule has 0 saturated carbocycles. The lowest BCUT2D eigenvalue weighted by molar-refractivity contribution is -0.139. The van der Waals surface area contributed by atoms with Gasteiger partial charge in [0.25, 0.3) is 0 Å². The summed E-state index contributed by atoms with van der Waals surface area (Å²) in [5.41, 5.74) is 3.55. The lowest BCUT2D eigenvalue weighted by atomic mass is 10.0. The second-order valence-corrected chi connectivity index (χ2v) is 6.57. The number of fused-ring (bicyclic) bond motifs is 1. The Morgan fingerprint density at radius 1 is 1.07 bits per heavy atom. The number of amides is 2. The molecular weight excluding hydrogens is 385 g/mol. The third kappa shape index (κ3) is 5.41. The van der Waals surface area contributed by atoms with Crippen molar-refractivity contribution < 1.29 is 18.7 Å². The summed E-state index contributed by atoms with van der Waals surface area (Å²) in [6, 6.07) is 17.5. The van der Waals surface area contributed by atoms with Crippen LogP contribution in [0.5, 0.6) is 5.75 Å². The minimum atomic E-state index is -0.845. The normalized spacial score (nSPS) is 10.9. The number of rotatable bonds is 7. The fourth-order valence-corrected chi connectivity index (χ4v) is 2.85. The van der Waals surface area contributed by atoms with Crippen LogP contribution >= 0.6 is 0 Å². The van der Waals surface area contributed by atoms with E-state index in [4.69, 9.17) is 4.74 Å². The van der Waals surface area contributed by atoms with E-state index >= 15 is 0 Å². The van der Waals surface area contributed by atoms with E-state index in [2.05, 4.69) is 15.8 Å². The van der Waals surface area contributed by atoms with Crippen LogP contribution in [0.3, 0.4) is 0 Å². The van der Waals surface area contributed by atoms with Crippen molar-refractivity contribution in [1.29, 1.82) is 0 Å². The molecule has 0 aliphatic heterocycles. The Morgan fingerprint density at radius 2 is 1.90 bits per heavy atom. The molecule has 3 aromatic carbocycles. The van der Waals surface area contributed by atoms with Crippen LogP contribution in [0, 0.1) is 5.82 Å². The summed E-state index contributed by atoms with van der Waals surface area (Å²) in [4.78, 5) is 23.5. The van der Waals surface area contributed by atoms with Gasteiger partial charge in [-0.25, -0.2) is 9.82 Å². The van der Waals surface area contributed by atoms with Gasteiger partial charge in [0.05, 0.1) is 6.21 Å². The SMILES string of the molecule is CCCNC(=O)C(=O)N/N=C\c1c(OCc2cccc(F)c2)ccc2ccccc12. The number of benzene rings is 3. The fourth-order valence-electron chi connectivity index (χ4n) is 2.85.